The highest BCUT2D eigenvalue weighted by Gasteiger charge is 2.24. The number of aryl methyl sites for hydroxylation is 2. The summed E-state index contributed by atoms with van der Waals surface area (Å²) in [5.41, 5.74) is 2.43. The van der Waals surface area contributed by atoms with Gasteiger partial charge in [-0.05, 0) is 32.4 Å². The van der Waals surface area contributed by atoms with E-state index in [1.165, 1.54) is 25.1 Å². The van der Waals surface area contributed by atoms with Crippen molar-refractivity contribution in [2.75, 3.05) is 11.9 Å². The lowest BCUT2D eigenvalue weighted by Crippen LogP contribution is -2.30. The molecule has 1 aromatic heterocycles. The molecule has 1 unspecified atom stereocenters. The van der Waals surface area contributed by atoms with E-state index in [0.717, 1.165) is 17.6 Å². The summed E-state index contributed by atoms with van der Waals surface area (Å²) in [6.45, 7) is 4.31. The molecule has 15 heavy (non-hydrogen) atoms. The molecule has 1 fully saturated rings. The van der Waals surface area contributed by atoms with Gasteiger partial charge in [-0.15, -0.1) is 0 Å². The van der Waals surface area contributed by atoms with Gasteiger partial charge in [0.15, 0.2) is 0 Å². The Hall–Kier alpha value is -0.350. The predicted octanol–water partition coefficient (Wildman–Crippen LogP) is 2.09. The minimum Gasteiger partial charge on any atom is -0.294 e. The first-order valence-electron chi connectivity index (χ1n) is 5.50. The molecule has 4 heteroatoms. The molecule has 0 amide bonds. The SMILES string of the molecule is Cc1cc(CN2CCCC2CBr)n(C)n1. The van der Waals surface area contributed by atoms with Crippen molar-refractivity contribution < 1.29 is 0 Å². The molecule has 3 nitrogen and oxygen atoms in total. The number of hydrogen-bond donors (Lipinski definition) is 0. The van der Waals surface area contributed by atoms with Crippen molar-refractivity contribution in [3.05, 3.63) is 17.5 Å². The molecule has 0 aliphatic carbocycles. The van der Waals surface area contributed by atoms with Gasteiger partial charge in [-0.1, -0.05) is 15.9 Å². The Morgan fingerprint density at radius 2 is 2.40 bits per heavy atom. The van der Waals surface area contributed by atoms with Crippen molar-refractivity contribution in [1.29, 1.82) is 0 Å². The van der Waals surface area contributed by atoms with E-state index in [1.54, 1.807) is 0 Å². The van der Waals surface area contributed by atoms with E-state index in [9.17, 15) is 0 Å². The molecule has 0 spiro atoms. The van der Waals surface area contributed by atoms with Gasteiger partial charge in [0, 0.05) is 25.0 Å². The third-order valence-corrected chi connectivity index (χ3v) is 3.89. The van der Waals surface area contributed by atoms with Gasteiger partial charge in [0.05, 0.1) is 11.4 Å². The van der Waals surface area contributed by atoms with Crippen LogP contribution in [-0.4, -0.2) is 32.6 Å². The molecule has 2 heterocycles. The minimum atomic E-state index is 0.709. The van der Waals surface area contributed by atoms with Crippen LogP contribution in [0.2, 0.25) is 0 Å². The van der Waals surface area contributed by atoms with Crippen LogP contribution in [0.25, 0.3) is 0 Å². The van der Waals surface area contributed by atoms with E-state index in [2.05, 4.69) is 38.9 Å². The summed E-state index contributed by atoms with van der Waals surface area (Å²) in [6, 6.07) is 2.89. The van der Waals surface area contributed by atoms with Gasteiger partial charge in [0.2, 0.25) is 0 Å². The molecule has 0 N–H and O–H groups in total. The van der Waals surface area contributed by atoms with Gasteiger partial charge in [-0.3, -0.25) is 9.58 Å². The van der Waals surface area contributed by atoms with Crippen LogP contribution in [0.1, 0.15) is 24.2 Å². The topological polar surface area (TPSA) is 21.1 Å². The molecule has 2 rings (SSSR count). The third-order valence-electron chi connectivity index (χ3n) is 3.14. The molecule has 0 bridgehead atoms. The summed E-state index contributed by atoms with van der Waals surface area (Å²) < 4.78 is 2.00. The van der Waals surface area contributed by atoms with Crippen LogP contribution in [0.4, 0.5) is 0 Å². The van der Waals surface area contributed by atoms with E-state index < -0.39 is 0 Å². The Kier molecular flexibility index (Phi) is 3.46. The van der Waals surface area contributed by atoms with Gasteiger partial charge in [-0.2, -0.15) is 5.10 Å². The Morgan fingerprint density at radius 3 is 3.00 bits per heavy atom. The van der Waals surface area contributed by atoms with Crippen LogP contribution in [0.15, 0.2) is 6.07 Å². The summed E-state index contributed by atoms with van der Waals surface area (Å²) in [5.74, 6) is 0. The molecule has 1 aliphatic rings. The lowest BCUT2D eigenvalue weighted by Gasteiger charge is -2.22. The highest BCUT2D eigenvalue weighted by atomic mass is 79.9. The molecular formula is C11H18BrN3. The van der Waals surface area contributed by atoms with Crippen molar-refractivity contribution in [2.24, 2.45) is 7.05 Å². The predicted molar refractivity (Wildman–Crippen MR) is 65.2 cm³/mol. The third kappa shape index (κ3) is 2.42. The van der Waals surface area contributed by atoms with Gasteiger partial charge in [-0.25, -0.2) is 0 Å². The molecule has 1 aliphatic heterocycles. The largest absolute Gasteiger partial charge is 0.294 e. The Labute approximate surface area is 99.6 Å². The molecular weight excluding hydrogens is 254 g/mol. The highest BCUT2D eigenvalue weighted by Crippen LogP contribution is 2.21. The molecule has 1 atom stereocenters. The second kappa shape index (κ2) is 4.66. The van der Waals surface area contributed by atoms with E-state index >= 15 is 0 Å². The molecule has 0 saturated carbocycles. The van der Waals surface area contributed by atoms with E-state index in [0.29, 0.717) is 6.04 Å². The van der Waals surface area contributed by atoms with E-state index in [1.807, 2.05) is 11.7 Å². The van der Waals surface area contributed by atoms with Crippen molar-refractivity contribution in [2.45, 2.75) is 32.4 Å². The first-order chi connectivity index (χ1) is 7.20. The first-order valence-corrected chi connectivity index (χ1v) is 6.62. The van der Waals surface area contributed by atoms with Crippen LogP contribution in [0, 0.1) is 6.92 Å². The lowest BCUT2D eigenvalue weighted by molar-refractivity contribution is 0.258. The number of hydrogen-bond acceptors (Lipinski definition) is 2. The zero-order valence-electron chi connectivity index (χ0n) is 9.41. The maximum atomic E-state index is 4.38. The fourth-order valence-corrected chi connectivity index (χ4v) is 3.03. The smallest absolute Gasteiger partial charge is 0.0597 e. The maximum Gasteiger partial charge on any atom is 0.0597 e. The number of halogens is 1. The zero-order chi connectivity index (χ0) is 10.8. The second-order valence-corrected chi connectivity index (χ2v) is 4.97. The van der Waals surface area contributed by atoms with Gasteiger partial charge >= 0.3 is 0 Å². The van der Waals surface area contributed by atoms with Crippen LogP contribution in [-0.2, 0) is 13.6 Å². The van der Waals surface area contributed by atoms with Crippen molar-refractivity contribution >= 4 is 15.9 Å². The summed E-state index contributed by atoms with van der Waals surface area (Å²) >= 11 is 3.59. The number of nitrogens with zero attached hydrogens (tertiary/aromatic N) is 3. The average Bonchev–Trinajstić information content (AvgIpc) is 2.74. The van der Waals surface area contributed by atoms with Gasteiger partial charge in [0.1, 0.15) is 0 Å². The molecule has 1 saturated heterocycles. The monoisotopic (exact) mass is 271 g/mol. The van der Waals surface area contributed by atoms with Crippen LogP contribution in [0.5, 0.6) is 0 Å². The van der Waals surface area contributed by atoms with Crippen molar-refractivity contribution in [3.8, 4) is 0 Å². The van der Waals surface area contributed by atoms with E-state index in [4.69, 9.17) is 0 Å². The Balaban J connectivity index is 2.05. The maximum absolute atomic E-state index is 4.38. The fourth-order valence-electron chi connectivity index (χ4n) is 2.30. The second-order valence-electron chi connectivity index (χ2n) is 4.32. The molecule has 1 aromatic rings. The molecule has 84 valence electrons. The normalized spacial score (nSPS) is 22.5. The summed E-state index contributed by atoms with van der Waals surface area (Å²) in [4.78, 5) is 2.55. The lowest BCUT2D eigenvalue weighted by atomic mass is 10.2. The summed E-state index contributed by atoms with van der Waals surface area (Å²) in [7, 11) is 2.03. The number of likely N-dealkylation sites (tertiary alicyclic amines) is 1. The first kappa shape index (κ1) is 11.1. The van der Waals surface area contributed by atoms with Crippen LogP contribution in [0.3, 0.4) is 0 Å². The number of rotatable bonds is 3. The van der Waals surface area contributed by atoms with Crippen molar-refractivity contribution in [3.63, 3.8) is 0 Å². The summed E-state index contributed by atoms with van der Waals surface area (Å²) in [6.07, 6.45) is 2.65. The van der Waals surface area contributed by atoms with E-state index in [-0.39, 0.29) is 0 Å². The quantitative estimate of drug-likeness (QED) is 0.786. The minimum absolute atomic E-state index is 0.709. The number of aromatic nitrogens is 2. The average molecular weight is 272 g/mol. The van der Waals surface area contributed by atoms with Crippen LogP contribution >= 0.6 is 15.9 Å². The fraction of sp³-hybridized carbons (Fsp3) is 0.727. The summed E-state index contributed by atoms with van der Waals surface area (Å²) in [5, 5.41) is 5.47. The Morgan fingerprint density at radius 1 is 1.60 bits per heavy atom. The highest BCUT2D eigenvalue weighted by molar-refractivity contribution is 9.09. The zero-order valence-corrected chi connectivity index (χ0v) is 11.0. The van der Waals surface area contributed by atoms with Crippen LogP contribution < -0.4 is 0 Å². The van der Waals surface area contributed by atoms with Crippen molar-refractivity contribution in [1.82, 2.24) is 14.7 Å². The standard InChI is InChI=1S/C11H18BrN3/c1-9-6-11(14(2)13-9)8-15-5-3-4-10(15)7-12/h6,10H,3-5,7-8H2,1-2H3. The van der Waals surface area contributed by atoms with Gasteiger partial charge < -0.3 is 0 Å². The molecule has 0 aromatic carbocycles. The van der Waals surface area contributed by atoms with Gasteiger partial charge in [0.25, 0.3) is 0 Å². The number of alkyl halides is 1. The Bertz CT molecular complexity index is 335. The molecule has 0 radical (unpaired) electrons.